The van der Waals surface area contributed by atoms with E-state index in [-0.39, 0.29) is 11.6 Å². The maximum Gasteiger partial charge on any atom is 0.354 e. The number of pyridine rings is 1. The van der Waals surface area contributed by atoms with Crippen LogP contribution in [0.2, 0.25) is 0 Å². The van der Waals surface area contributed by atoms with Gasteiger partial charge in [0.25, 0.3) is 5.91 Å². The summed E-state index contributed by atoms with van der Waals surface area (Å²) >= 11 is 0. The predicted octanol–water partition coefficient (Wildman–Crippen LogP) is 2.04. The van der Waals surface area contributed by atoms with Crippen LogP contribution in [-0.4, -0.2) is 40.0 Å². The molecule has 0 spiro atoms. The summed E-state index contributed by atoms with van der Waals surface area (Å²) in [7, 11) is 0. The van der Waals surface area contributed by atoms with Crippen molar-refractivity contribution in [2.24, 2.45) is 0 Å². The number of rotatable bonds is 6. The van der Waals surface area contributed by atoms with E-state index in [0.29, 0.717) is 18.7 Å². The van der Waals surface area contributed by atoms with Crippen LogP contribution in [-0.2, 0) is 0 Å². The molecule has 1 rings (SSSR count). The summed E-state index contributed by atoms with van der Waals surface area (Å²) in [5.41, 5.74) is 0.376. The summed E-state index contributed by atoms with van der Waals surface area (Å²) in [5.74, 6) is -1.19. The van der Waals surface area contributed by atoms with Gasteiger partial charge in [0.2, 0.25) is 0 Å². The van der Waals surface area contributed by atoms with Crippen molar-refractivity contribution >= 4 is 11.9 Å². The molecule has 5 heteroatoms. The molecule has 5 nitrogen and oxygen atoms in total. The smallest absolute Gasteiger partial charge is 0.354 e. The van der Waals surface area contributed by atoms with Gasteiger partial charge in [-0.15, -0.1) is 0 Å². The van der Waals surface area contributed by atoms with Gasteiger partial charge in [0, 0.05) is 19.3 Å². The lowest BCUT2D eigenvalue weighted by Crippen LogP contribution is -2.31. The first-order valence-electron chi connectivity index (χ1n) is 6.08. The molecular weight excluding hydrogens is 232 g/mol. The number of unbranched alkanes of at least 4 members (excludes halogenated alkanes) is 1. The molecule has 1 N–H and O–H groups in total. The van der Waals surface area contributed by atoms with Crippen LogP contribution in [0.1, 0.15) is 47.5 Å². The Hall–Kier alpha value is -1.91. The van der Waals surface area contributed by atoms with Crippen molar-refractivity contribution in [1.29, 1.82) is 0 Å². The number of carboxylic acid groups (broad SMARTS) is 1. The summed E-state index contributed by atoms with van der Waals surface area (Å²) in [5, 5.41) is 8.73. The van der Waals surface area contributed by atoms with Crippen LogP contribution in [0.3, 0.4) is 0 Å². The van der Waals surface area contributed by atoms with Crippen LogP contribution >= 0.6 is 0 Å². The van der Waals surface area contributed by atoms with E-state index in [1.54, 1.807) is 4.90 Å². The van der Waals surface area contributed by atoms with E-state index in [9.17, 15) is 9.59 Å². The number of carboxylic acids is 1. The molecule has 0 aliphatic heterocycles. The van der Waals surface area contributed by atoms with Crippen LogP contribution in [0.25, 0.3) is 0 Å². The molecule has 0 fully saturated rings. The van der Waals surface area contributed by atoms with Crippen LogP contribution in [0, 0.1) is 0 Å². The Kier molecular flexibility index (Phi) is 5.30. The largest absolute Gasteiger partial charge is 0.477 e. The zero-order valence-corrected chi connectivity index (χ0v) is 10.7. The molecule has 18 heavy (non-hydrogen) atoms. The van der Waals surface area contributed by atoms with Gasteiger partial charge < -0.3 is 10.0 Å². The SMILES string of the molecule is CCCCN(CC)C(=O)c1ccc(C(=O)O)nc1. The fourth-order valence-corrected chi connectivity index (χ4v) is 1.58. The molecule has 0 aliphatic carbocycles. The molecule has 1 amide bonds. The number of aromatic nitrogens is 1. The summed E-state index contributed by atoms with van der Waals surface area (Å²) in [4.78, 5) is 28.2. The van der Waals surface area contributed by atoms with Gasteiger partial charge in [0.05, 0.1) is 5.56 Å². The van der Waals surface area contributed by atoms with E-state index in [4.69, 9.17) is 5.11 Å². The normalized spacial score (nSPS) is 10.1. The first-order valence-corrected chi connectivity index (χ1v) is 6.08. The van der Waals surface area contributed by atoms with E-state index in [1.807, 2.05) is 6.92 Å². The third-order valence-electron chi connectivity index (χ3n) is 2.68. The molecule has 0 saturated carbocycles. The lowest BCUT2D eigenvalue weighted by molar-refractivity contribution is 0.0687. The Morgan fingerprint density at radius 3 is 2.50 bits per heavy atom. The van der Waals surface area contributed by atoms with Crippen LogP contribution in [0.5, 0.6) is 0 Å². The van der Waals surface area contributed by atoms with Gasteiger partial charge in [-0.1, -0.05) is 13.3 Å². The monoisotopic (exact) mass is 250 g/mol. The molecule has 0 aromatic carbocycles. The Labute approximate surface area is 106 Å². The van der Waals surface area contributed by atoms with E-state index >= 15 is 0 Å². The third kappa shape index (κ3) is 3.55. The van der Waals surface area contributed by atoms with Crippen LogP contribution in [0.4, 0.5) is 0 Å². The van der Waals surface area contributed by atoms with Gasteiger partial charge >= 0.3 is 5.97 Å². The molecule has 0 radical (unpaired) electrons. The topological polar surface area (TPSA) is 70.5 Å². The number of carbonyl (C=O) groups excluding carboxylic acids is 1. The summed E-state index contributed by atoms with van der Waals surface area (Å²) in [6, 6.07) is 2.86. The third-order valence-corrected chi connectivity index (χ3v) is 2.68. The van der Waals surface area contributed by atoms with Crippen molar-refractivity contribution in [3.8, 4) is 0 Å². The molecule has 1 aromatic heterocycles. The van der Waals surface area contributed by atoms with Crippen LogP contribution in [0.15, 0.2) is 18.3 Å². The molecule has 1 aromatic rings. The second-order valence-electron chi connectivity index (χ2n) is 3.98. The van der Waals surface area contributed by atoms with Gasteiger partial charge in [0.15, 0.2) is 0 Å². The standard InChI is InChI=1S/C13H18N2O3/c1-3-5-8-15(4-2)12(16)10-6-7-11(13(17)18)14-9-10/h6-7,9H,3-5,8H2,1-2H3,(H,17,18). The fraction of sp³-hybridized carbons (Fsp3) is 0.462. The van der Waals surface area contributed by atoms with E-state index < -0.39 is 5.97 Å². The minimum absolute atomic E-state index is 0.0526. The number of amides is 1. The van der Waals surface area contributed by atoms with Crippen molar-refractivity contribution in [2.45, 2.75) is 26.7 Å². The minimum Gasteiger partial charge on any atom is -0.477 e. The zero-order valence-electron chi connectivity index (χ0n) is 10.7. The van der Waals surface area contributed by atoms with Gasteiger partial charge in [-0.05, 0) is 25.5 Å². The number of nitrogens with zero attached hydrogens (tertiary/aromatic N) is 2. The number of aromatic carboxylic acids is 1. The Morgan fingerprint density at radius 1 is 1.33 bits per heavy atom. The highest BCUT2D eigenvalue weighted by Crippen LogP contribution is 2.06. The molecular formula is C13H18N2O3. The van der Waals surface area contributed by atoms with Crippen LogP contribution < -0.4 is 0 Å². The molecule has 0 saturated heterocycles. The number of carbonyl (C=O) groups is 2. The summed E-state index contributed by atoms with van der Waals surface area (Å²) in [6.07, 6.45) is 3.31. The van der Waals surface area contributed by atoms with E-state index in [0.717, 1.165) is 12.8 Å². The van der Waals surface area contributed by atoms with Gasteiger partial charge in [-0.3, -0.25) is 4.79 Å². The average Bonchev–Trinajstić information content (AvgIpc) is 2.39. The predicted molar refractivity (Wildman–Crippen MR) is 67.7 cm³/mol. The molecule has 0 unspecified atom stereocenters. The summed E-state index contributed by atoms with van der Waals surface area (Å²) < 4.78 is 0. The molecule has 98 valence electrons. The highest BCUT2D eigenvalue weighted by atomic mass is 16.4. The van der Waals surface area contributed by atoms with Gasteiger partial charge in [-0.25, -0.2) is 9.78 Å². The first-order chi connectivity index (χ1) is 8.60. The second kappa shape index (κ2) is 6.74. The number of hydrogen-bond acceptors (Lipinski definition) is 3. The summed E-state index contributed by atoms with van der Waals surface area (Å²) in [6.45, 7) is 5.35. The van der Waals surface area contributed by atoms with E-state index in [2.05, 4.69) is 11.9 Å². The quantitative estimate of drug-likeness (QED) is 0.838. The average molecular weight is 250 g/mol. The van der Waals surface area contributed by atoms with Crippen molar-refractivity contribution in [2.75, 3.05) is 13.1 Å². The van der Waals surface area contributed by atoms with Crippen molar-refractivity contribution in [3.63, 3.8) is 0 Å². The Morgan fingerprint density at radius 2 is 2.06 bits per heavy atom. The Balaban J connectivity index is 2.78. The van der Waals surface area contributed by atoms with Gasteiger partial charge in [0.1, 0.15) is 5.69 Å². The molecule has 0 aliphatic rings. The van der Waals surface area contributed by atoms with E-state index in [1.165, 1.54) is 18.3 Å². The molecule has 0 atom stereocenters. The first kappa shape index (κ1) is 14.2. The highest BCUT2D eigenvalue weighted by molar-refractivity contribution is 5.94. The second-order valence-corrected chi connectivity index (χ2v) is 3.98. The minimum atomic E-state index is -1.09. The van der Waals surface area contributed by atoms with Crippen molar-refractivity contribution in [1.82, 2.24) is 9.88 Å². The zero-order chi connectivity index (χ0) is 13.5. The lowest BCUT2D eigenvalue weighted by Gasteiger charge is -2.20. The molecule has 1 heterocycles. The lowest BCUT2D eigenvalue weighted by atomic mass is 10.2. The maximum absolute atomic E-state index is 12.1. The van der Waals surface area contributed by atoms with Gasteiger partial charge in [-0.2, -0.15) is 0 Å². The van der Waals surface area contributed by atoms with Crippen molar-refractivity contribution in [3.05, 3.63) is 29.6 Å². The fourth-order valence-electron chi connectivity index (χ4n) is 1.58. The highest BCUT2D eigenvalue weighted by Gasteiger charge is 2.14. The number of hydrogen-bond donors (Lipinski definition) is 1. The Bertz CT molecular complexity index is 415. The molecule has 0 bridgehead atoms. The van der Waals surface area contributed by atoms with Crippen molar-refractivity contribution < 1.29 is 14.7 Å². The maximum atomic E-state index is 12.1.